The molecule has 0 saturated carbocycles. The molecule has 0 radical (unpaired) electrons. The third kappa shape index (κ3) is 9.12. The van der Waals surface area contributed by atoms with Crippen LogP contribution in [0, 0.1) is 17.6 Å². The van der Waals surface area contributed by atoms with Crippen LogP contribution in [0.3, 0.4) is 0 Å². The van der Waals surface area contributed by atoms with Crippen molar-refractivity contribution in [3.63, 3.8) is 0 Å². The fourth-order valence-corrected chi connectivity index (χ4v) is 10.0. The maximum absolute atomic E-state index is 14.8. The van der Waals surface area contributed by atoms with E-state index < -0.39 is 126 Å². The van der Waals surface area contributed by atoms with Gasteiger partial charge in [0.2, 0.25) is 5.91 Å². The quantitative estimate of drug-likeness (QED) is 0.0800. The number of nitrogens with zero attached hydrogens (tertiary/aromatic N) is 1. The van der Waals surface area contributed by atoms with Crippen LogP contribution >= 0.6 is 0 Å². The SMILES string of the molecule is O=C1[C@H](CCC(O)c2ccc(F)cc2)C(c2ccc(-c3cccc(O)c3)cc2S(=O)(=O)CC2OC(CO)C(OC3OC(CO)C(O)C(O)C3O)C(O)C2O)N1c1ccc(F)cc1. The first-order valence-corrected chi connectivity index (χ1v) is 21.4. The second-order valence-corrected chi connectivity index (χ2v) is 17.6. The van der Waals surface area contributed by atoms with Crippen molar-refractivity contribution in [1.29, 1.82) is 0 Å². The lowest BCUT2D eigenvalue weighted by Crippen LogP contribution is -2.65. The molecule has 13 atom stereocenters. The lowest BCUT2D eigenvalue weighted by molar-refractivity contribution is -0.341. The van der Waals surface area contributed by atoms with Crippen molar-refractivity contribution in [2.45, 2.75) is 91.1 Å². The Labute approximate surface area is 354 Å². The van der Waals surface area contributed by atoms with Crippen molar-refractivity contribution in [2.24, 2.45) is 5.92 Å². The molecule has 3 aliphatic heterocycles. The third-order valence-corrected chi connectivity index (χ3v) is 13.4. The number of benzene rings is 4. The number of β-lactam (4-membered cyclic amide) rings is 1. The van der Waals surface area contributed by atoms with E-state index in [-0.39, 0.29) is 34.7 Å². The number of carbonyl (C=O) groups excluding carboxylic acids is 1. The highest BCUT2D eigenvalue weighted by Gasteiger charge is 2.53. The summed E-state index contributed by atoms with van der Waals surface area (Å²) >= 11 is 0. The third-order valence-electron chi connectivity index (χ3n) is 11.7. The van der Waals surface area contributed by atoms with E-state index >= 15 is 0 Å². The Kier molecular flexibility index (Phi) is 13.7. The lowest BCUT2D eigenvalue weighted by Gasteiger charge is -2.48. The monoisotopic (exact) mass is 887 g/mol. The maximum atomic E-state index is 14.8. The number of rotatable bonds is 14. The van der Waals surface area contributed by atoms with E-state index in [0.717, 1.165) is 12.1 Å². The number of aliphatic hydroxyl groups excluding tert-OH is 8. The molecular formula is C43H47F2NO15S. The summed E-state index contributed by atoms with van der Waals surface area (Å²) in [4.78, 5) is 14.9. The number of ether oxygens (including phenoxy) is 3. The number of anilines is 1. The van der Waals surface area contributed by atoms with Crippen molar-refractivity contribution >= 4 is 21.4 Å². The normalized spacial score (nSPS) is 30.8. The number of phenolic OH excluding ortho intramolecular Hbond substituents is 1. The van der Waals surface area contributed by atoms with Crippen LogP contribution < -0.4 is 4.90 Å². The van der Waals surface area contributed by atoms with Crippen LogP contribution in [0.15, 0.2) is 95.9 Å². The van der Waals surface area contributed by atoms with E-state index in [2.05, 4.69) is 0 Å². The number of halogens is 2. The van der Waals surface area contributed by atoms with Gasteiger partial charge in [0, 0.05) is 5.69 Å². The molecule has 7 rings (SSSR count). The van der Waals surface area contributed by atoms with E-state index in [1.807, 2.05) is 0 Å². The first-order chi connectivity index (χ1) is 29.5. The summed E-state index contributed by atoms with van der Waals surface area (Å²) in [6.45, 7) is -1.71. The van der Waals surface area contributed by atoms with Gasteiger partial charge in [0.25, 0.3) is 0 Å². The van der Waals surface area contributed by atoms with Gasteiger partial charge in [-0.3, -0.25) is 4.79 Å². The van der Waals surface area contributed by atoms with E-state index in [1.165, 1.54) is 65.6 Å². The number of amides is 1. The van der Waals surface area contributed by atoms with Crippen LogP contribution in [0.5, 0.6) is 5.75 Å². The van der Waals surface area contributed by atoms with Gasteiger partial charge in [-0.2, -0.15) is 0 Å². The molecule has 19 heteroatoms. The molecule has 62 heavy (non-hydrogen) atoms. The zero-order chi connectivity index (χ0) is 44.6. The van der Waals surface area contributed by atoms with Gasteiger partial charge in [-0.25, -0.2) is 17.2 Å². The molecule has 334 valence electrons. The van der Waals surface area contributed by atoms with Crippen LogP contribution in [-0.4, -0.2) is 140 Å². The fraction of sp³-hybridized carbons (Fsp3) is 0.419. The molecule has 4 aromatic carbocycles. The molecule has 3 heterocycles. The van der Waals surface area contributed by atoms with Crippen molar-refractivity contribution in [1.82, 2.24) is 0 Å². The predicted octanol–water partition coefficient (Wildman–Crippen LogP) is 0.996. The Bertz CT molecular complexity index is 2300. The standard InChI is InChI=1S/C43H47F2NO15S/c44-24-7-4-21(5-8-24)30(50)15-14-29-35(46(42(29)56)26-11-9-25(45)10-12-26)28-13-6-23(22-2-1-3-27(49)16-22)17-34(28)62(57,58)20-33-37(52)39(54)41(32(19-48)59-33)61-43-40(55)38(53)36(51)31(18-47)60-43/h1-13,16-17,29-33,35-41,43,47-55H,14-15,18-20H2/t29-,30?,31?,32?,33?,35?,36?,37?,38?,39?,40?,41?,43?/m1/s1. The Balaban J connectivity index is 1.23. The van der Waals surface area contributed by atoms with Crippen LogP contribution in [0.1, 0.15) is 36.1 Å². The average Bonchev–Trinajstić information content (AvgIpc) is 3.25. The Morgan fingerprint density at radius 2 is 1.35 bits per heavy atom. The lowest BCUT2D eigenvalue weighted by atomic mass is 9.78. The van der Waals surface area contributed by atoms with E-state index in [9.17, 15) is 68.0 Å². The Morgan fingerprint density at radius 1 is 0.726 bits per heavy atom. The highest BCUT2D eigenvalue weighted by molar-refractivity contribution is 7.91. The second-order valence-electron chi connectivity index (χ2n) is 15.6. The summed E-state index contributed by atoms with van der Waals surface area (Å²) < 4.78 is 74.2. The first kappa shape index (κ1) is 45.5. The van der Waals surface area contributed by atoms with Crippen LogP contribution in [0.2, 0.25) is 0 Å². The van der Waals surface area contributed by atoms with Crippen molar-refractivity contribution in [2.75, 3.05) is 23.9 Å². The van der Waals surface area contributed by atoms with Gasteiger partial charge in [-0.15, -0.1) is 0 Å². The topological polar surface area (TPSA) is 264 Å². The van der Waals surface area contributed by atoms with Crippen LogP contribution in [0.25, 0.3) is 11.1 Å². The van der Waals surface area contributed by atoms with Crippen molar-refractivity contribution in [3.8, 4) is 16.9 Å². The van der Waals surface area contributed by atoms with Crippen molar-refractivity contribution in [3.05, 3.63) is 114 Å². The molecule has 3 fully saturated rings. The van der Waals surface area contributed by atoms with E-state index in [4.69, 9.17) is 14.2 Å². The van der Waals surface area contributed by atoms with Gasteiger partial charge in [0.15, 0.2) is 16.1 Å². The van der Waals surface area contributed by atoms with Gasteiger partial charge in [-0.05, 0) is 89.7 Å². The summed E-state index contributed by atoms with van der Waals surface area (Å²) in [6, 6.07) is 19.5. The highest BCUT2D eigenvalue weighted by Crippen LogP contribution is 2.49. The minimum Gasteiger partial charge on any atom is -0.508 e. The van der Waals surface area contributed by atoms with E-state index in [0.29, 0.717) is 16.7 Å². The maximum Gasteiger partial charge on any atom is 0.233 e. The average molecular weight is 888 g/mol. The summed E-state index contributed by atoms with van der Waals surface area (Å²) in [5.74, 6) is -3.64. The highest BCUT2D eigenvalue weighted by atomic mass is 32.2. The number of sulfone groups is 1. The van der Waals surface area contributed by atoms with Gasteiger partial charge >= 0.3 is 0 Å². The number of aromatic hydroxyl groups is 1. The van der Waals surface area contributed by atoms with Crippen LogP contribution in [-0.2, 0) is 28.8 Å². The molecule has 0 spiro atoms. The number of phenols is 1. The van der Waals surface area contributed by atoms with Gasteiger partial charge < -0.3 is 65.1 Å². The molecule has 0 aliphatic carbocycles. The second kappa shape index (κ2) is 18.7. The minimum atomic E-state index is -4.67. The molecule has 9 N–H and O–H groups in total. The van der Waals surface area contributed by atoms with Crippen LogP contribution in [0.4, 0.5) is 14.5 Å². The number of aliphatic hydroxyl groups is 8. The zero-order valence-corrected chi connectivity index (χ0v) is 33.6. The summed E-state index contributed by atoms with van der Waals surface area (Å²) in [7, 11) is -4.67. The van der Waals surface area contributed by atoms with Gasteiger partial charge in [0.05, 0.1) is 41.9 Å². The van der Waals surface area contributed by atoms with Crippen molar-refractivity contribution < 1.29 is 82.2 Å². The molecule has 1 amide bonds. The fourth-order valence-electron chi connectivity index (χ4n) is 8.29. The smallest absolute Gasteiger partial charge is 0.233 e. The number of carbonyl (C=O) groups is 1. The molecule has 3 saturated heterocycles. The summed E-state index contributed by atoms with van der Waals surface area (Å²) in [5.41, 5.74) is 1.44. The minimum absolute atomic E-state index is 0.00810. The molecule has 4 aromatic rings. The molecule has 12 unspecified atom stereocenters. The van der Waals surface area contributed by atoms with E-state index in [1.54, 1.807) is 18.2 Å². The first-order valence-electron chi connectivity index (χ1n) is 19.8. The van der Waals surface area contributed by atoms with Gasteiger partial charge in [0.1, 0.15) is 72.3 Å². The number of hydrogen-bond donors (Lipinski definition) is 9. The molecular weight excluding hydrogens is 841 g/mol. The summed E-state index contributed by atoms with van der Waals surface area (Å²) in [6.07, 6.45) is -18.8. The Hall–Kier alpha value is -4.48. The zero-order valence-electron chi connectivity index (χ0n) is 32.8. The molecule has 0 aromatic heterocycles. The largest absolute Gasteiger partial charge is 0.508 e. The predicted molar refractivity (Wildman–Crippen MR) is 213 cm³/mol. The Morgan fingerprint density at radius 3 is 2.00 bits per heavy atom. The molecule has 16 nitrogen and oxygen atoms in total. The number of hydrogen-bond acceptors (Lipinski definition) is 15. The molecule has 3 aliphatic rings. The summed E-state index contributed by atoms with van der Waals surface area (Å²) in [5, 5.41) is 94.7. The molecule has 0 bridgehead atoms. The van der Waals surface area contributed by atoms with Gasteiger partial charge in [-0.1, -0.05) is 36.4 Å².